The zero-order valence-electron chi connectivity index (χ0n) is 24.4. The van der Waals surface area contributed by atoms with Gasteiger partial charge in [0.25, 0.3) is 0 Å². The normalized spacial score (nSPS) is 16.7. The van der Waals surface area contributed by atoms with E-state index in [9.17, 15) is 23.7 Å². The Morgan fingerprint density at radius 1 is 1.14 bits per heavy atom. The van der Waals surface area contributed by atoms with Gasteiger partial charge in [0.2, 0.25) is 0 Å². The molecule has 226 valence electrons. The number of hydrogen-bond donors (Lipinski definition) is 2. The van der Waals surface area contributed by atoms with Crippen molar-refractivity contribution < 1.29 is 13.2 Å². The average Bonchev–Trinajstić information content (AvgIpc) is 3.92. The van der Waals surface area contributed by atoms with Crippen LogP contribution in [0.3, 0.4) is 0 Å². The van der Waals surface area contributed by atoms with Crippen LogP contribution in [0, 0.1) is 40.9 Å². The molecule has 0 aliphatic heterocycles. The number of pyridine rings is 1. The SMILES string of the molecule is Cc1c(C#N)cccc1C(Nc1cc(Cl)c2ncc(C#N)c(NCC(C)(C)C(F)(F)F)c2c1)c1cn(C2(C3CC3)CC2)nn1. The van der Waals surface area contributed by atoms with E-state index in [1.165, 1.54) is 19.0 Å². The van der Waals surface area contributed by atoms with Gasteiger partial charge < -0.3 is 10.6 Å². The van der Waals surface area contributed by atoms with Crippen molar-refractivity contribution in [3.63, 3.8) is 0 Å². The number of nitriles is 2. The fourth-order valence-corrected chi connectivity index (χ4v) is 6.06. The van der Waals surface area contributed by atoms with Crippen molar-refractivity contribution in [2.75, 3.05) is 17.2 Å². The molecule has 2 aromatic carbocycles. The first-order valence-corrected chi connectivity index (χ1v) is 14.8. The molecule has 2 N–H and O–H groups in total. The van der Waals surface area contributed by atoms with E-state index in [1.54, 1.807) is 18.2 Å². The van der Waals surface area contributed by atoms with Crippen molar-refractivity contribution in [3.8, 4) is 12.1 Å². The largest absolute Gasteiger partial charge is 0.395 e. The van der Waals surface area contributed by atoms with E-state index in [4.69, 9.17) is 11.6 Å². The summed E-state index contributed by atoms with van der Waals surface area (Å²) in [5, 5.41) is 35.6. The van der Waals surface area contributed by atoms with Gasteiger partial charge in [0.15, 0.2) is 0 Å². The summed E-state index contributed by atoms with van der Waals surface area (Å²) in [7, 11) is 0. The van der Waals surface area contributed by atoms with Gasteiger partial charge in [-0.3, -0.25) is 4.98 Å². The second-order valence-corrected chi connectivity index (χ2v) is 12.8. The van der Waals surface area contributed by atoms with Crippen molar-refractivity contribution in [3.05, 3.63) is 75.7 Å². The maximum Gasteiger partial charge on any atom is 0.395 e. The molecule has 0 bridgehead atoms. The Kier molecular flexibility index (Phi) is 7.21. The Hall–Kier alpha value is -4.35. The van der Waals surface area contributed by atoms with E-state index in [2.05, 4.69) is 32.0 Å². The molecule has 1 unspecified atom stereocenters. The Bertz CT molecular complexity index is 1840. The minimum atomic E-state index is -4.46. The minimum Gasteiger partial charge on any atom is -0.382 e. The maximum atomic E-state index is 13.7. The molecule has 6 rings (SSSR count). The molecule has 4 aromatic rings. The lowest BCUT2D eigenvalue weighted by atomic mass is 9.92. The summed E-state index contributed by atoms with van der Waals surface area (Å²) in [4.78, 5) is 4.33. The smallest absolute Gasteiger partial charge is 0.382 e. The van der Waals surface area contributed by atoms with Gasteiger partial charge in [0.05, 0.1) is 56.6 Å². The number of nitrogens with zero attached hydrogens (tertiary/aromatic N) is 6. The lowest BCUT2D eigenvalue weighted by Gasteiger charge is -2.28. The van der Waals surface area contributed by atoms with Crippen LogP contribution in [0.2, 0.25) is 5.02 Å². The summed E-state index contributed by atoms with van der Waals surface area (Å²) in [5.41, 5.74) is 1.92. The molecule has 1 atom stereocenters. The predicted octanol–water partition coefficient (Wildman–Crippen LogP) is 7.63. The highest BCUT2D eigenvalue weighted by atomic mass is 35.5. The molecule has 8 nitrogen and oxygen atoms in total. The van der Waals surface area contributed by atoms with Gasteiger partial charge in [-0.1, -0.05) is 28.9 Å². The quantitative estimate of drug-likeness (QED) is 0.198. The summed E-state index contributed by atoms with van der Waals surface area (Å²) in [5.74, 6) is 0.612. The van der Waals surface area contributed by atoms with Crippen LogP contribution in [0.5, 0.6) is 0 Å². The maximum absolute atomic E-state index is 13.7. The number of alkyl halides is 3. The minimum absolute atomic E-state index is 0.0235. The average molecular weight is 619 g/mol. The van der Waals surface area contributed by atoms with Crippen LogP contribution in [-0.4, -0.2) is 32.7 Å². The van der Waals surface area contributed by atoms with Crippen LogP contribution in [0.1, 0.15) is 73.5 Å². The Morgan fingerprint density at radius 3 is 2.50 bits per heavy atom. The van der Waals surface area contributed by atoms with Crippen LogP contribution in [0.4, 0.5) is 24.5 Å². The number of nitrogens with one attached hydrogen (secondary N) is 2. The molecular weight excluding hydrogens is 589 g/mol. The fourth-order valence-electron chi connectivity index (χ4n) is 5.79. The van der Waals surface area contributed by atoms with Gasteiger partial charge in [-0.15, -0.1) is 5.10 Å². The number of aromatic nitrogens is 4. The van der Waals surface area contributed by atoms with Crippen molar-refractivity contribution in [1.29, 1.82) is 10.5 Å². The second kappa shape index (κ2) is 10.7. The van der Waals surface area contributed by atoms with Crippen LogP contribution in [-0.2, 0) is 5.54 Å². The molecular formula is C32H30ClF3N8. The highest BCUT2D eigenvalue weighted by molar-refractivity contribution is 6.35. The third-order valence-corrected chi connectivity index (χ3v) is 9.29. The first-order valence-electron chi connectivity index (χ1n) is 14.4. The first kappa shape index (κ1) is 29.7. The lowest BCUT2D eigenvalue weighted by Crippen LogP contribution is -2.38. The summed E-state index contributed by atoms with van der Waals surface area (Å²) in [6.07, 6.45) is 3.31. The zero-order valence-corrected chi connectivity index (χ0v) is 25.2. The molecule has 0 saturated heterocycles. The fraction of sp³-hybridized carbons (Fsp3) is 0.406. The van der Waals surface area contributed by atoms with Gasteiger partial charge in [0.1, 0.15) is 11.8 Å². The molecule has 2 saturated carbocycles. The molecule has 0 amide bonds. The molecule has 2 fully saturated rings. The monoisotopic (exact) mass is 618 g/mol. The van der Waals surface area contributed by atoms with Gasteiger partial charge in [-0.25, -0.2) is 4.68 Å². The molecule has 12 heteroatoms. The van der Waals surface area contributed by atoms with Gasteiger partial charge in [-0.05, 0) is 81.7 Å². The molecule has 2 aliphatic rings. The molecule has 44 heavy (non-hydrogen) atoms. The highest BCUT2D eigenvalue weighted by Gasteiger charge is 2.56. The molecule has 0 radical (unpaired) electrons. The standard InChI is InChI=1S/C32H30ClF3N8/c1-18-19(13-37)5-4-6-23(18)29(26-16-44(43-42-26)31(9-10-31)21-7-8-21)41-22-11-24-27(40-17-30(2,3)32(34,35)36)20(14-38)15-39-28(24)25(33)12-22/h4-6,11-12,15-16,21,29,41H,7-10,17H2,1-3H3,(H,39,40). The number of rotatable bonds is 9. The third-order valence-electron chi connectivity index (χ3n) is 9.00. The topological polar surface area (TPSA) is 115 Å². The number of benzene rings is 2. The second-order valence-electron chi connectivity index (χ2n) is 12.4. The molecule has 2 aromatic heterocycles. The Balaban J connectivity index is 1.43. The first-order chi connectivity index (χ1) is 20.9. The van der Waals surface area contributed by atoms with E-state index >= 15 is 0 Å². The third kappa shape index (κ3) is 5.20. The number of anilines is 2. The van der Waals surface area contributed by atoms with Crippen molar-refractivity contribution >= 4 is 33.9 Å². The highest BCUT2D eigenvalue weighted by Crippen LogP contribution is 2.59. The summed E-state index contributed by atoms with van der Waals surface area (Å²) in [6, 6.07) is 12.6. The van der Waals surface area contributed by atoms with Crippen molar-refractivity contribution in [1.82, 2.24) is 20.0 Å². The van der Waals surface area contributed by atoms with E-state index in [1.807, 2.05) is 36.0 Å². The van der Waals surface area contributed by atoms with Crippen molar-refractivity contribution in [2.24, 2.45) is 11.3 Å². The van der Waals surface area contributed by atoms with Gasteiger partial charge >= 0.3 is 6.18 Å². The Morgan fingerprint density at radius 2 is 1.86 bits per heavy atom. The van der Waals surface area contributed by atoms with Crippen molar-refractivity contribution in [2.45, 2.75) is 64.2 Å². The summed E-state index contributed by atoms with van der Waals surface area (Å²) in [6.45, 7) is 3.61. The summed E-state index contributed by atoms with van der Waals surface area (Å²) >= 11 is 6.69. The van der Waals surface area contributed by atoms with Gasteiger partial charge in [-0.2, -0.15) is 23.7 Å². The Labute approximate surface area is 257 Å². The molecule has 2 heterocycles. The predicted molar refractivity (Wildman–Crippen MR) is 161 cm³/mol. The van der Waals surface area contributed by atoms with Crippen LogP contribution in [0.25, 0.3) is 10.9 Å². The number of fused-ring (bicyclic) bond motifs is 1. The van der Waals surface area contributed by atoms with E-state index in [0.29, 0.717) is 33.8 Å². The summed E-state index contributed by atoms with van der Waals surface area (Å²) < 4.78 is 43.0. The van der Waals surface area contributed by atoms with Crippen LogP contribution in [0.15, 0.2) is 42.7 Å². The number of hydrogen-bond acceptors (Lipinski definition) is 7. The van der Waals surface area contributed by atoms with Crippen LogP contribution >= 0.6 is 11.6 Å². The van der Waals surface area contributed by atoms with E-state index in [-0.39, 0.29) is 21.8 Å². The zero-order chi connectivity index (χ0) is 31.4. The van der Waals surface area contributed by atoms with E-state index < -0.39 is 24.2 Å². The van der Waals surface area contributed by atoms with Crippen LogP contribution < -0.4 is 10.6 Å². The van der Waals surface area contributed by atoms with Gasteiger partial charge in [0, 0.05) is 23.8 Å². The molecule has 2 aliphatic carbocycles. The molecule has 0 spiro atoms. The number of halogens is 4. The van der Waals surface area contributed by atoms with E-state index in [0.717, 1.165) is 37.8 Å². The lowest BCUT2D eigenvalue weighted by molar-refractivity contribution is -0.206.